The van der Waals surface area contributed by atoms with E-state index in [2.05, 4.69) is 16.5 Å². The van der Waals surface area contributed by atoms with Gasteiger partial charge in [0.2, 0.25) is 5.91 Å². The smallest absolute Gasteiger partial charge is 0.246 e. The van der Waals surface area contributed by atoms with Crippen molar-refractivity contribution in [1.29, 1.82) is 0 Å². The summed E-state index contributed by atoms with van der Waals surface area (Å²) in [7, 11) is 0. The van der Waals surface area contributed by atoms with Crippen LogP contribution in [0.1, 0.15) is 43.3 Å². The Balaban J connectivity index is 1.75. The Hall–Kier alpha value is -2.44. The van der Waals surface area contributed by atoms with Crippen molar-refractivity contribution in [3.8, 4) is 0 Å². The number of nitrogens with two attached hydrogens (primary N) is 1. The Morgan fingerprint density at radius 3 is 2.91 bits per heavy atom. The van der Waals surface area contributed by atoms with Crippen molar-refractivity contribution in [3.05, 3.63) is 24.7 Å². The lowest BCUT2D eigenvalue weighted by atomic mass is 10.1. The number of aromatic nitrogens is 4. The number of carbonyl (C=O) groups is 1. The molecular formula is C16H20N6O. The number of rotatable bonds is 3. The second kappa shape index (κ2) is 5.33. The van der Waals surface area contributed by atoms with E-state index >= 15 is 0 Å². The monoisotopic (exact) mass is 312 g/mol. The zero-order valence-corrected chi connectivity index (χ0v) is 13.0. The van der Waals surface area contributed by atoms with Gasteiger partial charge in [-0.2, -0.15) is 5.10 Å². The molecule has 0 unspecified atom stereocenters. The van der Waals surface area contributed by atoms with Gasteiger partial charge in [0.15, 0.2) is 5.65 Å². The minimum Gasteiger partial charge on any atom is -0.383 e. The maximum absolute atomic E-state index is 11.9. The van der Waals surface area contributed by atoms with E-state index in [4.69, 9.17) is 10.8 Å². The summed E-state index contributed by atoms with van der Waals surface area (Å²) in [4.78, 5) is 22.3. The second-order valence-corrected chi connectivity index (χ2v) is 6.35. The van der Waals surface area contributed by atoms with Crippen LogP contribution >= 0.6 is 0 Å². The molecule has 2 aromatic rings. The van der Waals surface area contributed by atoms with Crippen molar-refractivity contribution in [1.82, 2.24) is 24.6 Å². The molecule has 3 heterocycles. The summed E-state index contributed by atoms with van der Waals surface area (Å²) in [5, 5.41) is 5.72. The van der Waals surface area contributed by atoms with Gasteiger partial charge in [-0.3, -0.25) is 4.79 Å². The van der Waals surface area contributed by atoms with Crippen LogP contribution in [0.5, 0.6) is 0 Å². The van der Waals surface area contributed by atoms with Gasteiger partial charge < -0.3 is 10.6 Å². The Bertz CT molecular complexity index is 778. The Morgan fingerprint density at radius 2 is 2.17 bits per heavy atom. The van der Waals surface area contributed by atoms with Gasteiger partial charge in [0.25, 0.3) is 0 Å². The lowest BCUT2D eigenvalue weighted by Gasteiger charge is -2.32. The SMILES string of the molecule is C=CC(=O)N1CCC[C@@H](n2nc(C3CC3)c3c(N)ncnc32)C1. The third-order valence-corrected chi connectivity index (χ3v) is 4.74. The molecule has 4 rings (SSSR count). The van der Waals surface area contributed by atoms with E-state index in [0.717, 1.165) is 49.0 Å². The lowest BCUT2D eigenvalue weighted by Crippen LogP contribution is -2.40. The van der Waals surface area contributed by atoms with E-state index in [1.165, 1.54) is 12.4 Å². The van der Waals surface area contributed by atoms with Crippen molar-refractivity contribution in [2.75, 3.05) is 18.8 Å². The number of amides is 1. The van der Waals surface area contributed by atoms with Crippen molar-refractivity contribution in [2.45, 2.75) is 37.6 Å². The average molecular weight is 312 g/mol. The van der Waals surface area contributed by atoms with Gasteiger partial charge in [0.05, 0.1) is 17.1 Å². The molecule has 2 aliphatic rings. The Morgan fingerprint density at radius 1 is 1.35 bits per heavy atom. The fourth-order valence-electron chi connectivity index (χ4n) is 3.40. The summed E-state index contributed by atoms with van der Waals surface area (Å²) in [6.45, 7) is 4.99. The van der Waals surface area contributed by atoms with Crippen molar-refractivity contribution < 1.29 is 4.79 Å². The van der Waals surface area contributed by atoms with Crippen LogP contribution in [0, 0.1) is 0 Å². The molecular weight excluding hydrogens is 292 g/mol. The predicted molar refractivity (Wildman–Crippen MR) is 86.8 cm³/mol. The number of piperidine rings is 1. The predicted octanol–water partition coefficient (Wildman–Crippen LogP) is 1.64. The largest absolute Gasteiger partial charge is 0.383 e. The van der Waals surface area contributed by atoms with Crippen LogP contribution in [0.15, 0.2) is 19.0 Å². The molecule has 0 spiro atoms. The highest BCUT2D eigenvalue weighted by Crippen LogP contribution is 2.44. The highest BCUT2D eigenvalue weighted by atomic mass is 16.2. The first kappa shape index (κ1) is 14.2. The number of nitrogen functional groups attached to an aromatic ring is 1. The molecule has 0 radical (unpaired) electrons. The van der Waals surface area contributed by atoms with Crippen molar-refractivity contribution in [3.63, 3.8) is 0 Å². The minimum atomic E-state index is -0.0253. The molecule has 7 nitrogen and oxygen atoms in total. The van der Waals surface area contributed by atoms with E-state index in [1.54, 1.807) is 0 Å². The van der Waals surface area contributed by atoms with E-state index < -0.39 is 0 Å². The molecule has 0 bridgehead atoms. The molecule has 1 amide bonds. The van der Waals surface area contributed by atoms with E-state index in [0.29, 0.717) is 18.3 Å². The number of carbonyl (C=O) groups excluding carboxylic acids is 1. The number of nitrogens with zero attached hydrogens (tertiary/aromatic N) is 5. The van der Waals surface area contributed by atoms with Gasteiger partial charge >= 0.3 is 0 Å². The second-order valence-electron chi connectivity index (χ2n) is 6.35. The minimum absolute atomic E-state index is 0.0253. The van der Waals surface area contributed by atoms with Gasteiger partial charge in [0.1, 0.15) is 12.1 Å². The summed E-state index contributed by atoms with van der Waals surface area (Å²) in [6.07, 6.45) is 7.08. The third-order valence-electron chi connectivity index (χ3n) is 4.74. The molecule has 2 aromatic heterocycles. The highest BCUT2D eigenvalue weighted by Gasteiger charge is 2.33. The molecule has 2 fully saturated rings. The molecule has 23 heavy (non-hydrogen) atoms. The quantitative estimate of drug-likeness (QED) is 0.870. The van der Waals surface area contributed by atoms with Crippen LogP contribution in [0.2, 0.25) is 0 Å². The number of fused-ring (bicyclic) bond motifs is 1. The number of likely N-dealkylation sites (tertiary alicyclic amines) is 1. The first-order valence-electron chi connectivity index (χ1n) is 8.09. The number of hydrogen-bond donors (Lipinski definition) is 1. The average Bonchev–Trinajstić information content (AvgIpc) is 3.35. The zero-order chi connectivity index (χ0) is 16.0. The van der Waals surface area contributed by atoms with Gasteiger partial charge in [-0.15, -0.1) is 0 Å². The van der Waals surface area contributed by atoms with Gasteiger partial charge in [-0.25, -0.2) is 14.6 Å². The molecule has 120 valence electrons. The van der Waals surface area contributed by atoms with Crippen LogP contribution in [0.3, 0.4) is 0 Å². The molecule has 1 atom stereocenters. The molecule has 7 heteroatoms. The number of anilines is 1. The van der Waals surface area contributed by atoms with Crippen LogP contribution in [-0.2, 0) is 4.79 Å². The normalized spacial score (nSPS) is 21.6. The molecule has 1 saturated carbocycles. The lowest BCUT2D eigenvalue weighted by molar-refractivity contribution is -0.127. The topological polar surface area (TPSA) is 89.9 Å². The molecule has 1 aliphatic heterocycles. The summed E-state index contributed by atoms with van der Waals surface area (Å²) in [5.41, 5.74) is 7.89. The van der Waals surface area contributed by atoms with Crippen molar-refractivity contribution in [2.24, 2.45) is 0 Å². The fourth-order valence-corrected chi connectivity index (χ4v) is 3.40. The Labute approximate surface area is 134 Å². The molecule has 0 aromatic carbocycles. The molecule has 2 N–H and O–H groups in total. The fraction of sp³-hybridized carbons (Fsp3) is 0.500. The van der Waals surface area contributed by atoms with Crippen LogP contribution < -0.4 is 5.73 Å². The number of hydrogen-bond acceptors (Lipinski definition) is 5. The third kappa shape index (κ3) is 2.36. The van der Waals surface area contributed by atoms with E-state index in [-0.39, 0.29) is 11.9 Å². The summed E-state index contributed by atoms with van der Waals surface area (Å²) < 4.78 is 1.96. The molecule has 1 aliphatic carbocycles. The van der Waals surface area contributed by atoms with Crippen molar-refractivity contribution >= 4 is 22.8 Å². The maximum atomic E-state index is 11.9. The summed E-state index contributed by atoms with van der Waals surface area (Å²) in [6, 6.07) is 0.122. The highest BCUT2D eigenvalue weighted by molar-refractivity contribution is 5.89. The molecule has 1 saturated heterocycles. The first-order chi connectivity index (χ1) is 11.2. The van der Waals surface area contributed by atoms with Gasteiger partial charge in [0, 0.05) is 19.0 Å². The Kier molecular flexibility index (Phi) is 3.28. The maximum Gasteiger partial charge on any atom is 0.246 e. The summed E-state index contributed by atoms with van der Waals surface area (Å²) in [5.74, 6) is 0.947. The summed E-state index contributed by atoms with van der Waals surface area (Å²) >= 11 is 0. The van der Waals surface area contributed by atoms with Gasteiger partial charge in [-0.05, 0) is 31.8 Å². The standard InChI is InChI=1S/C16H20N6O/c1-2-12(23)21-7-3-4-11(8-21)22-16-13(15(17)18-9-19-16)14(20-22)10-5-6-10/h2,9-11H,1,3-8H2,(H2,17,18,19)/t11-/m1/s1. The zero-order valence-electron chi connectivity index (χ0n) is 13.0. The first-order valence-corrected chi connectivity index (χ1v) is 8.09. The van der Waals surface area contributed by atoms with E-state index in [9.17, 15) is 4.79 Å². The van der Waals surface area contributed by atoms with Crippen LogP contribution in [-0.4, -0.2) is 43.6 Å². The van der Waals surface area contributed by atoms with Crippen LogP contribution in [0.25, 0.3) is 11.0 Å². The van der Waals surface area contributed by atoms with Crippen LogP contribution in [0.4, 0.5) is 5.82 Å². The van der Waals surface area contributed by atoms with Gasteiger partial charge in [-0.1, -0.05) is 6.58 Å². The van der Waals surface area contributed by atoms with E-state index in [1.807, 2.05) is 9.58 Å².